The Kier molecular flexibility index (Phi) is 7.57. The minimum absolute atomic E-state index is 0.303. The third kappa shape index (κ3) is 5.96. The van der Waals surface area contributed by atoms with Crippen LogP contribution in [0, 0.1) is 0 Å². The molecule has 7 nitrogen and oxygen atoms in total. The van der Waals surface area contributed by atoms with Crippen LogP contribution < -0.4 is 20.2 Å². The molecule has 0 saturated heterocycles. The van der Waals surface area contributed by atoms with Gasteiger partial charge in [0.15, 0.2) is 5.11 Å². The molecule has 0 unspecified atom stereocenters. The Morgan fingerprint density at radius 1 is 1.15 bits per heavy atom. The van der Waals surface area contributed by atoms with Gasteiger partial charge in [-0.3, -0.25) is 5.43 Å². The lowest BCUT2D eigenvalue weighted by molar-refractivity contribution is 0.0526. The van der Waals surface area contributed by atoms with Crippen molar-refractivity contribution in [1.82, 2.24) is 5.43 Å². The molecule has 0 radical (unpaired) electrons. The van der Waals surface area contributed by atoms with Gasteiger partial charge in [-0.05, 0) is 61.6 Å². The topological polar surface area (TPSA) is 81.2 Å². The Labute approximate surface area is 163 Å². The van der Waals surface area contributed by atoms with Crippen LogP contribution in [0.15, 0.2) is 47.6 Å². The number of carbonyl (C=O) groups is 1. The molecule has 142 valence electrons. The van der Waals surface area contributed by atoms with Gasteiger partial charge in [0.05, 0.1) is 32.6 Å². The van der Waals surface area contributed by atoms with E-state index in [4.69, 9.17) is 26.4 Å². The monoisotopic (exact) mass is 387 g/mol. The van der Waals surface area contributed by atoms with Crippen molar-refractivity contribution in [3.8, 4) is 11.5 Å². The molecule has 0 heterocycles. The molecule has 0 aromatic heterocycles. The van der Waals surface area contributed by atoms with Crippen LogP contribution in [-0.4, -0.2) is 38.1 Å². The smallest absolute Gasteiger partial charge is 0.338 e. The maximum absolute atomic E-state index is 11.6. The highest BCUT2D eigenvalue weighted by Crippen LogP contribution is 2.22. The van der Waals surface area contributed by atoms with Gasteiger partial charge >= 0.3 is 5.97 Å². The van der Waals surface area contributed by atoms with Crippen molar-refractivity contribution in [2.75, 3.05) is 26.1 Å². The first-order valence-electron chi connectivity index (χ1n) is 8.16. The number of carbonyl (C=O) groups excluding carboxylic acids is 1. The third-order valence-corrected chi connectivity index (χ3v) is 3.65. The summed E-state index contributed by atoms with van der Waals surface area (Å²) in [5.74, 6) is 0.996. The first-order valence-corrected chi connectivity index (χ1v) is 8.57. The van der Waals surface area contributed by atoms with Gasteiger partial charge in [-0.25, -0.2) is 4.79 Å². The van der Waals surface area contributed by atoms with Crippen LogP contribution in [0.4, 0.5) is 5.69 Å². The first-order chi connectivity index (χ1) is 13.1. The van der Waals surface area contributed by atoms with E-state index in [0.717, 1.165) is 11.3 Å². The average Bonchev–Trinajstić information content (AvgIpc) is 2.68. The van der Waals surface area contributed by atoms with Gasteiger partial charge in [-0.2, -0.15) is 5.10 Å². The zero-order valence-electron chi connectivity index (χ0n) is 15.3. The van der Waals surface area contributed by atoms with Crippen molar-refractivity contribution in [1.29, 1.82) is 0 Å². The zero-order chi connectivity index (χ0) is 19.6. The summed E-state index contributed by atoms with van der Waals surface area (Å²) in [6.07, 6.45) is 1.58. The van der Waals surface area contributed by atoms with Crippen molar-refractivity contribution in [2.45, 2.75) is 6.92 Å². The molecule has 0 amide bonds. The largest absolute Gasteiger partial charge is 0.497 e. The summed E-state index contributed by atoms with van der Waals surface area (Å²) < 4.78 is 15.4. The molecule has 2 aromatic carbocycles. The Balaban J connectivity index is 1.94. The Morgan fingerprint density at radius 2 is 1.89 bits per heavy atom. The van der Waals surface area contributed by atoms with E-state index < -0.39 is 0 Å². The summed E-state index contributed by atoms with van der Waals surface area (Å²) in [6, 6.07) is 12.2. The van der Waals surface area contributed by atoms with E-state index in [9.17, 15) is 4.79 Å². The van der Waals surface area contributed by atoms with Gasteiger partial charge in [0.2, 0.25) is 0 Å². The molecule has 0 spiro atoms. The second kappa shape index (κ2) is 10.1. The number of nitrogens with one attached hydrogen (secondary N) is 2. The highest BCUT2D eigenvalue weighted by Gasteiger charge is 2.06. The van der Waals surface area contributed by atoms with Gasteiger partial charge in [0.25, 0.3) is 0 Å². The molecule has 27 heavy (non-hydrogen) atoms. The van der Waals surface area contributed by atoms with Gasteiger partial charge in [0.1, 0.15) is 11.5 Å². The van der Waals surface area contributed by atoms with Crippen LogP contribution in [0.3, 0.4) is 0 Å². The molecule has 0 saturated carbocycles. The summed E-state index contributed by atoms with van der Waals surface area (Å²) in [4.78, 5) is 11.6. The number of anilines is 1. The van der Waals surface area contributed by atoms with Crippen molar-refractivity contribution in [3.05, 3.63) is 53.6 Å². The number of thiocarbonyl (C=S) groups is 1. The Hall–Kier alpha value is -3.13. The number of benzene rings is 2. The summed E-state index contributed by atoms with van der Waals surface area (Å²) in [5.41, 5.74) is 4.66. The van der Waals surface area contributed by atoms with E-state index >= 15 is 0 Å². The maximum Gasteiger partial charge on any atom is 0.338 e. The van der Waals surface area contributed by atoms with Gasteiger partial charge in [-0.15, -0.1) is 0 Å². The molecular weight excluding hydrogens is 366 g/mol. The van der Waals surface area contributed by atoms with Crippen LogP contribution >= 0.6 is 12.2 Å². The van der Waals surface area contributed by atoms with Crippen molar-refractivity contribution in [2.24, 2.45) is 5.10 Å². The quantitative estimate of drug-likeness (QED) is 0.327. The summed E-state index contributed by atoms with van der Waals surface area (Å²) in [7, 11) is 3.17. The molecule has 0 bridgehead atoms. The normalized spacial score (nSPS) is 10.3. The summed E-state index contributed by atoms with van der Waals surface area (Å²) in [5, 5.41) is 7.38. The van der Waals surface area contributed by atoms with E-state index in [-0.39, 0.29) is 5.97 Å². The van der Waals surface area contributed by atoms with Crippen LogP contribution in [0.1, 0.15) is 22.8 Å². The predicted molar refractivity (Wildman–Crippen MR) is 109 cm³/mol. The average molecular weight is 387 g/mol. The SMILES string of the molecule is CCOC(=O)c1ccc(NC(=S)N/N=C\c2cc(OC)ccc2OC)cc1. The number of rotatable bonds is 7. The summed E-state index contributed by atoms with van der Waals surface area (Å²) >= 11 is 5.20. The number of methoxy groups -OCH3 is 2. The molecule has 0 aliphatic heterocycles. The number of ether oxygens (including phenoxy) is 3. The fourth-order valence-electron chi connectivity index (χ4n) is 2.16. The Morgan fingerprint density at radius 3 is 2.52 bits per heavy atom. The highest BCUT2D eigenvalue weighted by molar-refractivity contribution is 7.80. The molecule has 0 aliphatic carbocycles. The zero-order valence-corrected chi connectivity index (χ0v) is 16.1. The van der Waals surface area contributed by atoms with E-state index in [1.807, 2.05) is 0 Å². The second-order valence-corrected chi connectivity index (χ2v) is 5.64. The lowest BCUT2D eigenvalue weighted by Crippen LogP contribution is -2.23. The number of hydrogen-bond acceptors (Lipinski definition) is 6. The molecule has 0 aliphatic rings. The number of hydrogen-bond donors (Lipinski definition) is 2. The predicted octanol–water partition coefficient (Wildman–Crippen LogP) is 3.20. The molecule has 0 fully saturated rings. The van der Waals surface area contributed by atoms with Crippen LogP contribution in [0.25, 0.3) is 0 Å². The lowest BCUT2D eigenvalue weighted by Gasteiger charge is -2.09. The minimum Gasteiger partial charge on any atom is -0.497 e. The van der Waals surface area contributed by atoms with Crippen LogP contribution in [0.2, 0.25) is 0 Å². The van der Waals surface area contributed by atoms with Crippen molar-refractivity contribution in [3.63, 3.8) is 0 Å². The first kappa shape index (κ1) is 20.2. The van der Waals surface area contributed by atoms with E-state index in [2.05, 4.69) is 15.8 Å². The van der Waals surface area contributed by atoms with E-state index in [1.165, 1.54) is 0 Å². The van der Waals surface area contributed by atoms with Gasteiger partial charge in [0, 0.05) is 11.3 Å². The number of hydrazone groups is 1. The molecule has 8 heteroatoms. The highest BCUT2D eigenvalue weighted by atomic mass is 32.1. The molecule has 2 aromatic rings. The van der Waals surface area contributed by atoms with Crippen molar-refractivity contribution >= 4 is 35.2 Å². The van der Waals surface area contributed by atoms with Crippen LogP contribution in [-0.2, 0) is 4.74 Å². The molecule has 0 atom stereocenters. The van der Waals surface area contributed by atoms with E-state index in [1.54, 1.807) is 69.8 Å². The van der Waals surface area contributed by atoms with Crippen LogP contribution in [0.5, 0.6) is 11.5 Å². The number of esters is 1. The molecule has 2 N–H and O–H groups in total. The summed E-state index contributed by atoms with van der Waals surface area (Å²) in [6.45, 7) is 2.10. The van der Waals surface area contributed by atoms with Gasteiger partial charge in [-0.1, -0.05) is 0 Å². The van der Waals surface area contributed by atoms with E-state index in [0.29, 0.717) is 28.8 Å². The van der Waals surface area contributed by atoms with Gasteiger partial charge < -0.3 is 19.5 Å². The number of nitrogens with zero attached hydrogens (tertiary/aromatic N) is 1. The fourth-order valence-corrected chi connectivity index (χ4v) is 2.33. The standard InChI is InChI=1S/C19H21N3O4S/c1-4-26-18(23)13-5-7-15(8-6-13)21-19(27)22-20-12-14-11-16(24-2)9-10-17(14)25-3/h5-12H,4H2,1-3H3,(H2,21,22,27)/b20-12-. The van der Waals surface area contributed by atoms with Crippen molar-refractivity contribution < 1.29 is 19.0 Å². The lowest BCUT2D eigenvalue weighted by atomic mass is 10.2. The minimum atomic E-state index is -0.360. The second-order valence-electron chi connectivity index (χ2n) is 5.23. The fraction of sp³-hybridized carbons (Fsp3) is 0.211. The molecular formula is C19H21N3O4S. The molecule has 2 rings (SSSR count). The third-order valence-electron chi connectivity index (χ3n) is 3.46. The maximum atomic E-state index is 11.6. The Bertz CT molecular complexity index is 822.